The van der Waals surface area contributed by atoms with Gasteiger partial charge in [-0.1, -0.05) is 6.92 Å². The zero-order valence-corrected chi connectivity index (χ0v) is 13.8. The van der Waals surface area contributed by atoms with Gasteiger partial charge in [0.2, 0.25) is 0 Å². The van der Waals surface area contributed by atoms with Crippen LogP contribution >= 0.6 is 27.7 Å². The van der Waals surface area contributed by atoms with Crippen LogP contribution in [-0.4, -0.2) is 34.4 Å². The van der Waals surface area contributed by atoms with Gasteiger partial charge in [0.1, 0.15) is 0 Å². The Bertz CT molecular complexity index is 399. The maximum Gasteiger partial charge on any atom is 0.0766 e. The van der Waals surface area contributed by atoms with Gasteiger partial charge in [-0.05, 0) is 53.2 Å². The van der Waals surface area contributed by atoms with Gasteiger partial charge in [0.25, 0.3) is 0 Å². The Morgan fingerprint density at radius 1 is 1.61 bits per heavy atom. The summed E-state index contributed by atoms with van der Waals surface area (Å²) in [5.41, 5.74) is 2.49. The Morgan fingerprint density at radius 3 is 2.89 bits per heavy atom. The van der Waals surface area contributed by atoms with Crippen LogP contribution in [0.3, 0.4) is 0 Å². The predicted octanol–water partition coefficient (Wildman–Crippen LogP) is 2.63. The number of hydrogen-bond acceptors (Lipinski definition) is 3. The average Bonchev–Trinajstić information content (AvgIpc) is 2.97. The van der Waals surface area contributed by atoms with Crippen molar-refractivity contribution in [1.29, 1.82) is 0 Å². The molecule has 0 spiro atoms. The first-order valence-corrected chi connectivity index (χ1v) is 8.57. The number of nitrogens with zero attached hydrogens (tertiary/aromatic N) is 2. The molecule has 102 valence electrons. The van der Waals surface area contributed by atoms with Crippen LogP contribution in [0.5, 0.6) is 0 Å². The number of aryl methyl sites for hydroxylation is 2. The topological polar surface area (TPSA) is 29.9 Å². The second kappa shape index (κ2) is 6.44. The van der Waals surface area contributed by atoms with Crippen molar-refractivity contribution in [2.75, 3.05) is 18.6 Å². The van der Waals surface area contributed by atoms with Crippen molar-refractivity contribution >= 4 is 27.7 Å². The van der Waals surface area contributed by atoms with Crippen molar-refractivity contribution in [3.05, 3.63) is 15.9 Å². The maximum absolute atomic E-state index is 4.58. The molecule has 0 saturated carbocycles. The Balaban J connectivity index is 2.13. The van der Waals surface area contributed by atoms with E-state index in [1.807, 2.05) is 4.68 Å². The van der Waals surface area contributed by atoms with Crippen LogP contribution < -0.4 is 5.32 Å². The molecule has 3 nitrogen and oxygen atoms in total. The molecule has 1 N–H and O–H groups in total. The van der Waals surface area contributed by atoms with Crippen molar-refractivity contribution in [2.24, 2.45) is 13.0 Å². The average molecular weight is 332 g/mol. The minimum absolute atomic E-state index is 0.566. The summed E-state index contributed by atoms with van der Waals surface area (Å²) < 4.78 is 3.24. The largest absolute Gasteiger partial charge is 0.316 e. The number of likely N-dealkylation sites (N-methyl/N-ethyl adjacent to an activating group) is 1. The number of nitrogens with one attached hydrogen (secondary N) is 1. The second-order valence-corrected chi connectivity index (χ2v) is 6.85. The number of thioether (sulfide) groups is 1. The van der Waals surface area contributed by atoms with Crippen molar-refractivity contribution in [2.45, 2.75) is 32.2 Å². The van der Waals surface area contributed by atoms with Crippen molar-refractivity contribution in [3.63, 3.8) is 0 Å². The van der Waals surface area contributed by atoms with E-state index >= 15 is 0 Å². The molecule has 18 heavy (non-hydrogen) atoms. The third kappa shape index (κ3) is 2.94. The first-order chi connectivity index (χ1) is 8.67. The molecule has 2 atom stereocenters. The van der Waals surface area contributed by atoms with Gasteiger partial charge in [0.15, 0.2) is 0 Å². The Labute approximate surface area is 122 Å². The highest BCUT2D eigenvalue weighted by Gasteiger charge is 2.26. The minimum atomic E-state index is 0.566. The number of hydrogen-bond donors (Lipinski definition) is 1. The summed E-state index contributed by atoms with van der Waals surface area (Å²) in [6, 6.07) is 0.566. The molecule has 0 radical (unpaired) electrons. The van der Waals surface area contributed by atoms with Crippen LogP contribution in [0.15, 0.2) is 4.47 Å². The third-order valence-electron chi connectivity index (χ3n) is 3.82. The molecule has 5 heteroatoms. The van der Waals surface area contributed by atoms with E-state index in [-0.39, 0.29) is 0 Å². The molecule has 0 bridgehead atoms. The van der Waals surface area contributed by atoms with Crippen LogP contribution in [0.2, 0.25) is 0 Å². The number of aromatic nitrogens is 2. The summed E-state index contributed by atoms with van der Waals surface area (Å²) in [4.78, 5) is 0. The van der Waals surface area contributed by atoms with Crippen LogP contribution in [0.25, 0.3) is 0 Å². The van der Waals surface area contributed by atoms with E-state index in [9.17, 15) is 0 Å². The van der Waals surface area contributed by atoms with E-state index in [0.29, 0.717) is 6.04 Å². The molecule has 1 aliphatic rings. The first kappa shape index (κ1) is 14.4. The summed E-state index contributed by atoms with van der Waals surface area (Å²) >= 11 is 5.79. The fourth-order valence-corrected chi connectivity index (χ4v) is 4.74. The molecule has 1 aliphatic heterocycles. The molecular weight excluding hydrogens is 310 g/mol. The van der Waals surface area contributed by atoms with Crippen molar-refractivity contribution < 1.29 is 0 Å². The molecule has 0 aromatic carbocycles. The monoisotopic (exact) mass is 331 g/mol. The highest BCUT2D eigenvalue weighted by atomic mass is 79.9. The van der Waals surface area contributed by atoms with E-state index in [4.69, 9.17) is 0 Å². The highest BCUT2D eigenvalue weighted by molar-refractivity contribution is 9.10. The Hall–Kier alpha value is -0.000000000000000111. The van der Waals surface area contributed by atoms with E-state index < -0.39 is 0 Å². The Kier molecular flexibility index (Phi) is 5.15. The molecule has 0 aliphatic carbocycles. The lowest BCUT2D eigenvalue weighted by atomic mass is 9.95. The lowest BCUT2D eigenvalue weighted by Gasteiger charge is -2.22. The summed E-state index contributed by atoms with van der Waals surface area (Å²) in [5, 5.41) is 8.08. The van der Waals surface area contributed by atoms with Crippen molar-refractivity contribution in [3.8, 4) is 0 Å². The second-order valence-electron chi connectivity index (χ2n) is 4.91. The Morgan fingerprint density at radius 2 is 2.39 bits per heavy atom. The van der Waals surface area contributed by atoms with Gasteiger partial charge >= 0.3 is 0 Å². The molecule has 1 aromatic heterocycles. The lowest BCUT2D eigenvalue weighted by molar-refractivity contribution is 0.396. The van der Waals surface area contributed by atoms with Gasteiger partial charge in [-0.25, -0.2) is 0 Å². The van der Waals surface area contributed by atoms with Crippen LogP contribution in [0, 0.1) is 5.92 Å². The molecule has 0 amide bonds. The summed E-state index contributed by atoms with van der Waals surface area (Å²) in [7, 11) is 4.13. The number of rotatable bonds is 5. The summed E-state index contributed by atoms with van der Waals surface area (Å²) in [6.07, 6.45) is 3.38. The third-order valence-corrected chi connectivity index (χ3v) is 5.92. The van der Waals surface area contributed by atoms with Crippen LogP contribution in [0.1, 0.15) is 24.7 Å². The van der Waals surface area contributed by atoms with Crippen molar-refractivity contribution in [1.82, 2.24) is 15.1 Å². The quantitative estimate of drug-likeness (QED) is 0.899. The van der Waals surface area contributed by atoms with E-state index in [0.717, 1.165) is 18.8 Å². The molecule has 1 fully saturated rings. The molecule has 1 aromatic rings. The molecule has 2 heterocycles. The molecule has 2 unspecified atom stereocenters. The van der Waals surface area contributed by atoms with Gasteiger partial charge in [-0.2, -0.15) is 16.9 Å². The summed E-state index contributed by atoms with van der Waals surface area (Å²) in [6.45, 7) is 2.15. The van der Waals surface area contributed by atoms with Crippen LogP contribution in [0.4, 0.5) is 0 Å². The van der Waals surface area contributed by atoms with E-state index in [1.54, 1.807) is 0 Å². The standard InChI is InChI=1S/C13H22BrN3S/c1-4-10-13(14)12(17(3)16-10)7-11(15-2)9-5-6-18-8-9/h9,11,15H,4-8H2,1-3H3. The van der Waals surface area contributed by atoms with Gasteiger partial charge in [0, 0.05) is 19.5 Å². The lowest BCUT2D eigenvalue weighted by Crippen LogP contribution is -2.36. The minimum Gasteiger partial charge on any atom is -0.316 e. The van der Waals surface area contributed by atoms with E-state index in [1.165, 1.54) is 33.8 Å². The fraction of sp³-hybridized carbons (Fsp3) is 0.769. The SMILES string of the molecule is CCc1nn(C)c(CC(NC)C2CCSC2)c1Br. The van der Waals surface area contributed by atoms with Gasteiger partial charge < -0.3 is 5.32 Å². The molecule has 1 saturated heterocycles. The zero-order chi connectivity index (χ0) is 13.1. The fourth-order valence-electron chi connectivity index (χ4n) is 2.62. The van der Waals surface area contributed by atoms with Gasteiger partial charge in [0.05, 0.1) is 15.9 Å². The number of halogens is 1. The maximum atomic E-state index is 4.58. The van der Waals surface area contributed by atoms with Crippen LogP contribution in [-0.2, 0) is 19.9 Å². The zero-order valence-electron chi connectivity index (χ0n) is 11.4. The van der Waals surface area contributed by atoms with E-state index in [2.05, 4.69) is 59.1 Å². The smallest absolute Gasteiger partial charge is 0.0766 e. The van der Waals surface area contributed by atoms with Gasteiger partial charge in [-0.15, -0.1) is 0 Å². The molecular formula is C13H22BrN3S. The predicted molar refractivity (Wildman–Crippen MR) is 82.3 cm³/mol. The highest BCUT2D eigenvalue weighted by Crippen LogP contribution is 2.30. The van der Waals surface area contributed by atoms with Gasteiger partial charge in [-0.3, -0.25) is 4.68 Å². The normalized spacial score (nSPS) is 21.4. The molecule has 2 rings (SSSR count). The summed E-state index contributed by atoms with van der Waals surface area (Å²) in [5.74, 6) is 3.41. The first-order valence-electron chi connectivity index (χ1n) is 6.62.